The summed E-state index contributed by atoms with van der Waals surface area (Å²) in [7, 11) is 2.31. The number of piperidine rings is 3. The SMILES string of the molecule is CN1CCC2(CC1)Cc1c(-c3cnc([C@H]4NC5CCC4C5)[nH]3)ccc(-c3ccc(-c4cnc([C@@H]5CCCCN5)[nH]4)c4c3CC3(CCCC3)C4)c1C2. The number of nitrogens with zero attached hydrogens (tertiary/aromatic N) is 3. The summed E-state index contributed by atoms with van der Waals surface area (Å²) >= 11 is 0. The van der Waals surface area contributed by atoms with E-state index in [1.54, 1.807) is 22.3 Å². The highest BCUT2D eigenvalue weighted by molar-refractivity contribution is 5.83. The number of hydrogen-bond acceptors (Lipinski definition) is 5. The predicted molar refractivity (Wildman–Crippen MR) is 204 cm³/mol. The van der Waals surface area contributed by atoms with Crippen LogP contribution in [0.3, 0.4) is 0 Å². The Hall–Kier alpha value is -3.26. The fraction of sp³-hybridized carbons (Fsp3) is 0.591. The third kappa shape index (κ3) is 5.15. The number of H-pyrrole nitrogens is 2. The van der Waals surface area contributed by atoms with Crippen LogP contribution >= 0.6 is 0 Å². The van der Waals surface area contributed by atoms with Crippen molar-refractivity contribution in [3.63, 3.8) is 0 Å². The van der Waals surface area contributed by atoms with E-state index >= 15 is 0 Å². The molecule has 5 heterocycles. The van der Waals surface area contributed by atoms with Crippen molar-refractivity contribution in [2.45, 2.75) is 121 Å². The van der Waals surface area contributed by atoms with Crippen molar-refractivity contribution in [3.05, 3.63) is 70.6 Å². The predicted octanol–water partition coefficient (Wildman–Crippen LogP) is 8.23. The first-order valence-corrected chi connectivity index (χ1v) is 20.6. The standard InChI is InChI=1S/C44H55N7/c1-51-18-15-44(16-19-51)22-34-30(10-12-32(36(34)24-44)39-26-47-42(50-39)40-27-7-8-28(20-27)48-40)29-9-11-31(35-23-43(21-33(29)35)13-3-4-14-43)38-25-46-41(49-38)37-6-2-5-17-45-37/h9-12,25-28,37,40,45,48H,2-8,13-24H2,1H3,(H,46,49)(H,47,50)/t27?,28?,37-,40-/m0/s1. The van der Waals surface area contributed by atoms with E-state index < -0.39 is 0 Å². The molecule has 2 bridgehead atoms. The first kappa shape index (κ1) is 31.3. The Morgan fingerprint density at radius 3 is 1.82 bits per heavy atom. The van der Waals surface area contributed by atoms with Crippen molar-refractivity contribution >= 4 is 0 Å². The van der Waals surface area contributed by atoms with Gasteiger partial charge in [-0.2, -0.15) is 0 Å². The van der Waals surface area contributed by atoms with Gasteiger partial charge in [-0.15, -0.1) is 0 Å². The molecule has 4 N–H and O–H groups in total. The quantitative estimate of drug-likeness (QED) is 0.171. The lowest BCUT2D eigenvalue weighted by Crippen LogP contribution is -2.38. The Morgan fingerprint density at radius 1 is 0.647 bits per heavy atom. The average molecular weight is 682 g/mol. The van der Waals surface area contributed by atoms with E-state index in [2.05, 4.69) is 69.2 Å². The van der Waals surface area contributed by atoms with Gasteiger partial charge in [0, 0.05) is 17.2 Å². The number of hydrogen-bond donors (Lipinski definition) is 4. The largest absolute Gasteiger partial charge is 0.341 e. The Kier molecular flexibility index (Phi) is 7.28. The first-order chi connectivity index (χ1) is 25.0. The number of likely N-dealkylation sites (tertiary alicyclic amines) is 1. The number of aromatic nitrogens is 4. The average Bonchev–Trinajstić information content (AvgIpc) is 4.02. The zero-order valence-electron chi connectivity index (χ0n) is 30.6. The topological polar surface area (TPSA) is 84.7 Å². The maximum absolute atomic E-state index is 5.03. The van der Waals surface area contributed by atoms with Crippen LogP contribution in [0.4, 0.5) is 0 Å². The van der Waals surface area contributed by atoms with Crippen LogP contribution in [0, 0.1) is 16.7 Å². The van der Waals surface area contributed by atoms with Gasteiger partial charge in [0.1, 0.15) is 11.6 Å². The number of nitrogens with one attached hydrogen (secondary N) is 4. The lowest BCUT2D eigenvalue weighted by molar-refractivity contribution is 0.131. The molecule has 2 aromatic heterocycles. The fourth-order valence-electron chi connectivity index (χ4n) is 12.3. The van der Waals surface area contributed by atoms with Gasteiger partial charge < -0.3 is 25.5 Å². The number of benzene rings is 2. The molecule has 2 aromatic carbocycles. The molecule has 2 unspecified atom stereocenters. The third-order valence-electron chi connectivity index (χ3n) is 15.1. The lowest BCUT2D eigenvalue weighted by Gasteiger charge is -2.37. The summed E-state index contributed by atoms with van der Waals surface area (Å²) in [6.07, 6.45) is 24.9. The molecular formula is C44H55N7. The third-order valence-corrected chi connectivity index (χ3v) is 15.1. The monoisotopic (exact) mass is 681 g/mol. The molecule has 5 fully saturated rings. The summed E-state index contributed by atoms with van der Waals surface area (Å²) in [5.41, 5.74) is 15.5. The smallest absolute Gasteiger partial charge is 0.124 e. The van der Waals surface area contributed by atoms with Crippen molar-refractivity contribution < 1.29 is 0 Å². The second kappa shape index (κ2) is 11.9. The van der Waals surface area contributed by atoms with E-state index in [1.807, 2.05) is 0 Å². The van der Waals surface area contributed by atoms with Crippen LogP contribution in [0.5, 0.6) is 0 Å². The summed E-state index contributed by atoms with van der Waals surface area (Å²) in [4.78, 5) is 20.2. The highest BCUT2D eigenvalue weighted by Gasteiger charge is 2.45. The van der Waals surface area contributed by atoms with Gasteiger partial charge in [-0.3, -0.25) is 0 Å². The van der Waals surface area contributed by atoms with Crippen LogP contribution < -0.4 is 10.6 Å². The van der Waals surface area contributed by atoms with Crippen LogP contribution in [0.1, 0.15) is 123 Å². The van der Waals surface area contributed by atoms with Crippen molar-refractivity contribution in [2.75, 3.05) is 26.7 Å². The number of aromatic amines is 2. The van der Waals surface area contributed by atoms with E-state index in [1.165, 1.54) is 149 Å². The van der Waals surface area contributed by atoms with E-state index in [4.69, 9.17) is 9.97 Å². The molecule has 11 rings (SSSR count). The minimum Gasteiger partial charge on any atom is -0.341 e. The summed E-state index contributed by atoms with van der Waals surface area (Å²) in [6.45, 7) is 3.50. The first-order valence-electron chi connectivity index (χ1n) is 20.6. The minimum atomic E-state index is 0.351. The van der Waals surface area contributed by atoms with Gasteiger partial charge in [0.15, 0.2) is 0 Å². The highest BCUT2D eigenvalue weighted by atomic mass is 15.1. The van der Waals surface area contributed by atoms with Crippen LogP contribution in [0.15, 0.2) is 36.7 Å². The summed E-state index contributed by atoms with van der Waals surface area (Å²) in [6, 6.07) is 11.4. The van der Waals surface area contributed by atoms with Crippen molar-refractivity contribution in [1.82, 2.24) is 35.5 Å². The van der Waals surface area contributed by atoms with Gasteiger partial charge >= 0.3 is 0 Å². The van der Waals surface area contributed by atoms with Gasteiger partial charge in [0.2, 0.25) is 0 Å². The van der Waals surface area contributed by atoms with Gasteiger partial charge in [-0.1, -0.05) is 43.5 Å². The Balaban J connectivity index is 1.01. The second-order valence-corrected chi connectivity index (χ2v) is 18.2. The van der Waals surface area contributed by atoms with Gasteiger partial charge in [-0.25, -0.2) is 9.97 Å². The van der Waals surface area contributed by atoms with Gasteiger partial charge in [0.05, 0.1) is 35.9 Å². The van der Waals surface area contributed by atoms with Gasteiger partial charge in [-0.05, 0) is 160 Å². The summed E-state index contributed by atoms with van der Waals surface area (Å²) < 4.78 is 0. The maximum Gasteiger partial charge on any atom is 0.124 e. The van der Waals surface area contributed by atoms with Gasteiger partial charge in [0.25, 0.3) is 0 Å². The molecule has 4 atom stereocenters. The molecule has 2 saturated carbocycles. The zero-order chi connectivity index (χ0) is 33.7. The van der Waals surface area contributed by atoms with E-state index in [9.17, 15) is 0 Å². The highest BCUT2D eigenvalue weighted by Crippen LogP contribution is 2.55. The molecule has 0 amide bonds. The molecule has 7 nitrogen and oxygen atoms in total. The van der Waals surface area contributed by atoms with Crippen LogP contribution in [0.25, 0.3) is 33.6 Å². The molecule has 0 radical (unpaired) electrons. The molecule has 3 saturated heterocycles. The van der Waals surface area contributed by atoms with E-state index in [0.717, 1.165) is 24.1 Å². The molecule has 266 valence electrons. The molecular weight excluding hydrogens is 627 g/mol. The van der Waals surface area contributed by atoms with E-state index in [-0.39, 0.29) is 0 Å². The van der Waals surface area contributed by atoms with Crippen molar-refractivity contribution in [3.8, 4) is 33.6 Å². The van der Waals surface area contributed by atoms with Crippen molar-refractivity contribution in [2.24, 2.45) is 16.7 Å². The van der Waals surface area contributed by atoms with E-state index in [0.29, 0.717) is 29.0 Å². The second-order valence-electron chi connectivity index (χ2n) is 18.2. The summed E-state index contributed by atoms with van der Waals surface area (Å²) in [5.74, 6) is 3.00. The summed E-state index contributed by atoms with van der Waals surface area (Å²) in [5, 5.41) is 7.58. The van der Waals surface area contributed by atoms with Crippen molar-refractivity contribution in [1.29, 1.82) is 0 Å². The molecule has 51 heavy (non-hydrogen) atoms. The zero-order valence-corrected chi connectivity index (χ0v) is 30.6. The normalized spacial score (nSPS) is 29.0. The molecule has 7 aliphatic rings. The molecule has 3 aliphatic heterocycles. The number of imidazole rings is 2. The number of fused-ring (bicyclic) bond motifs is 4. The van der Waals surface area contributed by atoms with Crippen LogP contribution in [0.2, 0.25) is 0 Å². The molecule has 2 spiro atoms. The number of rotatable bonds is 5. The molecule has 4 aliphatic carbocycles. The Labute approximate surface area is 303 Å². The molecule has 7 heteroatoms. The Morgan fingerprint density at radius 2 is 1.24 bits per heavy atom. The molecule has 4 aromatic rings. The fourth-order valence-corrected chi connectivity index (χ4v) is 12.3. The minimum absolute atomic E-state index is 0.351. The van der Waals surface area contributed by atoms with Crippen LogP contribution in [-0.2, 0) is 25.7 Å². The van der Waals surface area contributed by atoms with Crippen LogP contribution in [-0.4, -0.2) is 57.6 Å². The lowest BCUT2D eigenvalue weighted by atomic mass is 9.75. The maximum atomic E-state index is 5.03. The Bertz CT molecular complexity index is 1960.